The number of nitrogens with one attached hydrogen (secondary N) is 1. The van der Waals surface area contributed by atoms with Gasteiger partial charge in [0.1, 0.15) is 16.4 Å². The SMILES string of the molecule is Cc1oc(C)c(S(=O)(=O)NCCc2cscn2)c1CO. The molecule has 0 aliphatic heterocycles. The predicted molar refractivity (Wildman–Crippen MR) is 75.1 cm³/mol. The van der Waals surface area contributed by atoms with Crippen molar-refractivity contribution in [3.05, 3.63) is 33.7 Å². The topological polar surface area (TPSA) is 92.4 Å². The smallest absolute Gasteiger partial charge is 0.244 e. The van der Waals surface area contributed by atoms with E-state index >= 15 is 0 Å². The second-order valence-electron chi connectivity index (χ2n) is 4.31. The van der Waals surface area contributed by atoms with Crippen LogP contribution < -0.4 is 4.72 Å². The van der Waals surface area contributed by atoms with Crippen LogP contribution in [0.4, 0.5) is 0 Å². The van der Waals surface area contributed by atoms with Crippen LogP contribution in [0.2, 0.25) is 0 Å². The van der Waals surface area contributed by atoms with Crippen LogP contribution in [0.5, 0.6) is 0 Å². The Kier molecular flexibility index (Phi) is 4.59. The summed E-state index contributed by atoms with van der Waals surface area (Å²) in [6, 6.07) is 0. The summed E-state index contributed by atoms with van der Waals surface area (Å²) in [5.41, 5.74) is 2.86. The van der Waals surface area contributed by atoms with Gasteiger partial charge in [-0.15, -0.1) is 11.3 Å². The maximum absolute atomic E-state index is 12.3. The molecule has 2 N–H and O–H groups in total. The van der Waals surface area contributed by atoms with E-state index in [1.165, 1.54) is 11.3 Å². The normalized spacial score (nSPS) is 11.9. The molecule has 0 aliphatic rings. The average Bonchev–Trinajstić information content (AvgIpc) is 2.96. The van der Waals surface area contributed by atoms with Crippen molar-refractivity contribution in [3.8, 4) is 0 Å². The van der Waals surface area contributed by atoms with Crippen LogP contribution in [0.3, 0.4) is 0 Å². The molecule has 2 rings (SSSR count). The molecule has 0 atom stereocenters. The Morgan fingerprint density at radius 1 is 1.40 bits per heavy atom. The molecule has 0 aromatic carbocycles. The van der Waals surface area contributed by atoms with Crippen LogP contribution in [-0.2, 0) is 23.1 Å². The molecule has 0 amide bonds. The van der Waals surface area contributed by atoms with E-state index in [0.29, 0.717) is 17.7 Å². The number of aliphatic hydroxyl groups excluding tert-OH is 1. The van der Waals surface area contributed by atoms with Gasteiger partial charge < -0.3 is 9.52 Å². The molecule has 2 aromatic rings. The maximum atomic E-state index is 12.3. The van der Waals surface area contributed by atoms with E-state index in [-0.39, 0.29) is 23.8 Å². The Morgan fingerprint density at radius 3 is 2.75 bits per heavy atom. The van der Waals surface area contributed by atoms with Crippen molar-refractivity contribution in [1.29, 1.82) is 0 Å². The standard InChI is InChI=1S/C12H16N2O4S2/c1-8-11(5-15)12(9(2)18-8)20(16,17)14-4-3-10-6-19-7-13-10/h6-7,14-15H,3-5H2,1-2H3. The number of furan rings is 1. The van der Waals surface area contributed by atoms with E-state index < -0.39 is 10.0 Å². The Hall–Kier alpha value is -1.22. The van der Waals surface area contributed by atoms with E-state index in [9.17, 15) is 13.5 Å². The number of aliphatic hydroxyl groups is 1. The highest BCUT2D eigenvalue weighted by molar-refractivity contribution is 7.89. The van der Waals surface area contributed by atoms with E-state index in [4.69, 9.17) is 4.42 Å². The number of aromatic nitrogens is 1. The summed E-state index contributed by atoms with van der Waals surface area (Å²) >= 11 is 1.47. The lowest BCUT2D eigenvalue weighted by molar-refractivity contribution is 0.276. The lowest BCUT2D eigenvalue weighted by Gasteiger charge is -2.06. The number of aryl methyl sites for hydroxylation is 2. The molecule has 8 heteroatoms. The molecule has 0 unspecified atom stereocenters. The Balaban J connectivity index is 2.14. The molecular formula is C12H16N2O4S2. The quantitative estimate of drug-likeness (QED) is 0.839. The molecule has 0 fully saturated rings. The zero-order valence-electron chi connectivity index (χ0n) is 11.2. The van der Waals surface area contributed by atoms with Crippen LogP contribution in [0.15, 0.2) is 20.2 Å². The van der Waals surface area contributed by atoms with Crippen molar-refractivity contribution in [3.63, 3.8) is 0 Å². The molecule has 2 heterocycles. The molecule has 0 radical (unpaired) electrons. The van der Waals surface area contributed by atoms with Gasteiger partial charge in [0.2, 0.25) is 10.0 Å². The number of hydrogen-bond acceptors (Lipinski definition) is 6. The monoisotopic (exact) mass is 316 g/mol. The van der Waals surface area contributed by atoms with Gasteiger partial charge >= 0.3 is 0 Å². The first kappa shape index (κ1) is 15.2. The van der Waals surface area contributed by atoms with Crippen LogP contribution in [0.25, 0.3) is 0 Å². The zero-order valence-corrected chi connectivity index (χ0v) is 12.8. The molecule has 6 nitrogen and oxygen atoms in total. The molecular weight excluding hydrogens is 300 g/mol. The number of hydrogen-bond donors (Lipinski definition) is 2. The second-order valence-corrected chi connectivity index (χ2v) is 6.73. The van der Waals surface area contributed by atoms with Crippen molar-refractivity contribution in [1.82, 2.24) is 9.71 Å². The Morgan fingerprint density at radius 2 is 2.15 bits per heavy atom. The fourth-order valence-corrected chi connectivity index (χ4v) is 4.05. The van der Waals surface area contributed by atoms with Crippen molar-refractivity contribution in [2.45, 2.75) is 31.8 Å². The molecule has 0 aliphatic carbocycles. The van der Waals surface area contributed by atoms with Crippen LogP contribution in [0, 0.1) is 13.8 Å². The van der Waals surface area contributed by atoms with E-state index in [0.717, 1.165) is 5.69 Å². The number of sulfonamides is 1. The predicted octanol–water partition coefficient (Wildman–Crippen LogP) is 1.37. The number of rotatable bonds is 6. The average molecular weight is 316 g/mol. The third-order valence-corrected chi connectivity index (χ3v) is 5.20. The number of nitrogens with zero attached hydrogens (tertiary/aromatic N) is 1. The second kappa shape index (κ2) is 6.04. The first-order valence-electron chi connectivity index (χ1n) is 6.02. The van der Waals surface area contributed by atoms with Gasteiger partial charge in [0.05, 0.1) is 17.8 Å². The molecule has 0 spiro atoms. The van der Waals surface area contributed by atoms with E-state index in [2.05, 4.69) is 9.71 Å². The fourth-order valence-electron chi connectivity index (χ4n) is 1.99. The summed E-state index contributed by atoms with van der Waals surface area (Å²) in [4.78, 5) is 4.13. The molecule has 2 aromatic heterocycles. The molecule has 0 saturated carbocycles. The Labute approximate surface area is 121 Å². The molecule has 20 heavy (non-hydrogen) atoms. The summed E-state index contributed by atoms with van der Waals surface area (Å²) in [7, 11) is -3.69. The highest BCUT2D eigenvalue weighted by Gasteiger charge is 2.26. The zero-order chi connectivity index (χ0) is 14.8. The van der Waals surface area contributed by atoms with Crippen LogP contribution >= 0.6 is 11.3 Å². The molecule has 110 valence electrons. The van der Waals surface area contributed by atoms with Gasteiger partial charge in [-0.3, -0.25) is 0 Å². The summed E-state index contributed by atoms with van der Waals surface area (Å²) in [5, 5.41) is 11.2. The minimum absolute atomic E-state index is 0.0378. The third kappa shape index (κ3) is 3.09. The summed E-state index contributed by atoms with van der Waals surface area (Å²) < 4.78 is 32.3. The summed E-state index contributed by atoms with van der Waals surface area (Å²) in [5.74, 6) is 0.706. The largest absolute Gasteiger partial charge is 0.465 e. The van der Waals surface area contributed by atoms with Crippen molar-refractivity contribution < 1.29 is 17.9 Å². The minimum atomic E-state index is -3.69. The van der Waals surface area contributed by atoms with Gasteiger partial charge in [-0.2, -0.15) is 0 Å². The maximum Gasteiger partial charge on any atom is 0.244 e. The summed E-state index contributed by atoms with van der Waals surface area (Å²) in [6.45, 7) is 3.08. The first-order chi connectivity index (χ1) is 9.45. The van der Waals surface area contributed by atoms with Crippen molar-refractivity contribution in [2.75, 3.05) is 6.54 Å². The van der Waals surface area contributed by atoms with Crippen molar-refractivity contribution in [2.24, 2.45) is 0 Å². The van der Waals surface area contributed by atoms with Gasteiger partial charge in [-0.25, -0.2) is 18.1 Å². The molecule has 0 saturated heterocycles. The lowest BCUT2D eigenvalue weighted by atomic mass is 10.2. The van der Waals surface area contributed by atoms with Crippen molar-refractivity contribution >= 4 is 21.4 Å². The van der Waals surface area contributed by atoms with Gasteiger partial charge in [0.15, 0.2) is 0 Å². The van der Waals surface area contributed by atoms with E-state index in [1.54, 1.807) is 19.4 Å². The van der Waals surface area contributed by atoms with Gasteiger partial charge in [0, 0.05) is 23.9 Å². The highest BCUT2D eigenvalue weighted by atomic mass is 32.2. The van der Waals surface area contributed by atoms with Gasteiger partial charge in [0.25, 0.3) is 0 Å². The Bertz CT molecular complexity index is 675. The molecule has 0 bridgehead atoms. The number of thiazole rings is 1. The van der Waals surface area contributed by atoms with E-state index in [1.807, 2.05) is 5.38 Å². The highest BCUT2D eigenvalue weighted by Crippen LogP contribution is 2.26. The fraction of sp³-hybridized carbons (Fsp3) is 0.417. The minimum Gasteiger partial charge on any atom is -0.465 e. The van der Waals surface area contributed by atoms with Crippen LogP contribution in [0.1, 0.15) is 22.8 Å². The lowest BCUT2D eigenvalue weighted by Crippen LogP contribution is -2.27. The third-order valence-electron chi connectivity index (χ3n) is 2.91. The first-order valence-corrected chi connectivity index (χ1v) is 8.44. The van der Waals surface area contributed by atoms with Gasteiger partial charge in [-0.05, 0) is 13.8 Å². The van der Waals surface area contributed by atoms with Crippen LogP contribution in [-0.4, -0.2) is 25.1 Å². The van der Waals surface area contributed by atoms with Gasteiger partial charge in [-0.1, -0.05) is 0 Å². The summed E-state index contributed by atoms with van der Waals surface area (Å²) in [6.07, 6.45) is 0.521.